The van der Waals surface area contributed by atoms with Crippen LogP contribution in [0.15, 0.2) is 186 Å². The molecule has 3 heterocycles. The second kappa shape index (κ2) is 11.5. The van der Waals surface area contributed by atoms with Crippen molar-refractivity contribution in [3.63, 3.8) is 0 Å². The summed E-state index contributed by atoms with van der Waals surface area (Å²) in [5, 5.41) is 4.61. The van der Waals surface area contributed by atoms with Crippen molar-refractivity contribution in [1.82, 2.24) is 9.55 Å². The van der Waals surface area contributed by atoms with E-state index >= 15 is 0 Å². The SMILES string of the molecule is c1ccc(-c2cccc(-c3cc(-c4cccc5c4oc4ccccc45)cc(-c4cccc5c4c4ccccc4n5-c4ccccc4)n3)c2)cc1. The Hall–Kier alpha value is -6.71. The number of pyridine rings is 1. The van der Waals surface area contributed by atoms with E-state index in [4.69, 9.17) is 9.40 Å². The molecule has 234 valence electrons. The molecular weight excluding hydrogens is 609 g/mol. The highest BCUT2D eigenvalue weighted by molar-refractivity contribution is 6.16. The van der Waals surface area contributed by atoms with Gasteiger partial charge in [0.1, 0.15) is 11.2 Å². The highest BCUT2D eigenvalue weighted by Gasteiger charge is 2.19. The minimum absolute atomic E-state index is 0.883. The van der Waals surface area contributed by atoms with Gasteiger partial charge in [-0.15, -0.1) is 0 Å². The van der Waals surface area contributed by atoms with Crippen molar-refractivity contribution in [3.05, 3.63) is 182 Å². The van der Waals surface area contributed by atoms with Crippen molar-refractivity contribution < 1.29 is 4.42 Å². The van der Waals surface area contributed by atoms with E-state index in [9.17, 15) is 0 Å². The molecule has 3 heteroatoms. The molecule has 0 saturated carbocycles. The largest absolute Gasteiger partial charge is 0.455 e. The normalized spacial score (nSPS) is 11.6. The first kappa shape index (κ1) is 28.3. The van der Waals surface area contributed by atoms with Gasteiger partial charge in [-0.25, -0.2) is 4.98 Å². The summed E-state index contributed by atoms with van der Waals surface area (Å²) in [6.07, 6.45) is 0. The summed E-state index contributed by atoms with van der Waals surface area (Å²) in [6, 6.07) is 64.2. The zero-order valence-electron chi connectivity index (χ0n) is 27.1. The summed E-state index contributed by atoms with van der Waals surface area (Å²) in [5.74, 6) is 0. The first-order valence-corrected chi connectivity index (χ1v) is 17.0. The van der Waals surface area contributed by atoms with Gasteiger partial charge in [-0.1, -0.05) is 133 Å². The van der Waals surface area contributed by atoms with E-state index < -0.39 is 0 Å². The molecule has 0 saturated heterocycles. The molecule has 0 N–H and O–H groups in total. The van der Waals surface area contributed by atoms with Crippen molar-refractivity contribution in [3.8, 4) is 50.5 Å². The first-order valence-electron chi connectivity index (χ1n) is 17.0. The van der Waals surface area contributed by atoms with Crippen LogP contribution in [-0.2, 0) is 0 Å². The van der Waals surface area contributed by atoms with Crippen LogP contribution in [0.25, 0.3) is 94.2 Å². The fourth-order valence-corrected chi connectivity index (χ4v) is 7.52. The number of rotatable bonds is 5. The van der Waals surface area contributed by atoms with Crippen LogP contribution in [0.4, 0.5) is 0 Å². The van der Waals surface area contributed by atoms with Gasteiger partial charge in [-0.2, -0.15) is 0 Å². The second-order valence-electron chi connectivity index (χ2n) is 12.7. The first-order chi connectivity index (χ1) is 24.8. The van der Waals surface area contributed by atoms with Crippen molar-refractivity contribution in [2.24, 2.45) is 0 Å². The summed E-state index contributed by atoms with van der Waals surface area (Å²) >= 11 is 0. The molecule has 0 aliphatic rings. The summed E-state index contributed by atoms with van der Waals surface area (Å²) in [7, 11) is 0. The van der Waals surface area contributed by atoms with Crippen LogP contribution in [0, 0.1) is 0 Å². The Labute approximate surface area is 289 Å². The third-order valence-electron chi connectivity index (χ3n) is 9.79. The Morgan fingerprint density at radius 1 is 0.400 bits per heavy atom. The number of benzene rings is 7. The zero-order valence-corrected chi connectivity index (χ0v) is 27.1. The number of aromatic nitrogens is 2. The Balaban J connectivity index is 1.26. The Morgan fingerprint density at radius 3 is 1.90 bits per heavy atom. The molecule has 0 bridgehead atoms. The van der Waals surface area contributed by atoms with Crippen LogP contribution < -0.4 is 0 Å². The number of para-hydroxylation sites is 4. The number of hydrogen-bond acceptors (Lipinski definition) is 2. The lowest BCUT2D eigenvalue weighted by Crippen LogP contribution is -1.94. The molecule has 10 aromatic rings. The highest BCUT2D eigenvalue weighted by Crippen LogP contribution is 2.42. The molecule has 3 aromatic heterocycles. The van der Waals surface area contributed by atoms with Crippen molar-refractivity contribution in [1.29, 1.82) is 0 Å². The van der Waals surface area contributed by atoms with Crippen molar-refractivity contribution >= 4 is 43.7 Å². The summed E-state index contributed by atoms with van der Waals surface area (Å²) in [5.41, 5.74) is 13.6. The fraction of sp³-hybridized carbons (Fsp3) is 0. The standard InChI is InChI=1S/C47H30N2O/c1-3-14-31(15-4-1)32-16-11-17-33(28-32)41-29-34(36-22-12-23-38-37-20-8-10-27-45(37)50-47(36)38)30-42(48-41)39-24-13-26-44-46(39)40-21-7-9-25-43(40)49(44)35-18-5-2-6-19-35/h1-30H. The maximum absolute atomic E-state index is 6.56. The lowest BCUT2D eigenvalue weighted by Gasteiger charge is -2.13. The van der Waals surface area contributed by atoms with Crippen LogP contribution in [-0.4, -0.2) is 9.55 Å². The van der Waals surface area contributed by atoms with E-state index in [2.05, 4.69) is 174 Å². The molecule has 0 fully saturated rings. The molecule has 10 rings (SSSR count). The summed E-state index contributed by atoms with van der Waals surface area (Å²) in [4.78, 5) is 5.46. The molecule has 0 aliphatic carbocycles. The third kappa shape index (κ3) is 4.56. The molecule has 0 amide bonds. The molecule has 0 atom stereocenters. The van der Waals surface area contributed by atoms with Gasteiger partial charge in [0.2, 0.25) is 0 Å². The van der Waals surface area contributed by atoms with Crippen LogP contribution in [0.3, 0.4) is 0 Å². The van der Waals surface area contributed by atoms with Gasteiger partial charge < -0.3 is 8.98 Å². The lowest BCUT2D eigenvalue weighted by molar-refractivity contribution is 0.670. The molecular formula is C47H30N2O. The van der Waals surface area contributed by atoms with E-state index in [0.717, 1.165) is 72.3 Å². The number of nitrogens with zero attached hydrogens (tertiary/aromatic N) is 2. The Bertz CT molecular complexity index is 2860. The maximum Gasteiger partial charge on any atom is 0.143 e. The van der Waals surface area contributed by atoms with E-state index in [1.54, 1.807) is 0 Å². The summed E-state index contributed by atoms with van der Waals surface area (Å²) < 4.78 is 8.92. The van der Waals surface area contributed by atoms with Crippen molar-refractivity contribution in [2.75, 3.05) is 0 Å². The minimum atomic E-state index is 0.883. The number of furan rings is 1. The molecule has 0 unspecified atom stereocenters. The van der Waals surface area contributed by atoms with E-state index in [0.29, 0.717) is 0 Å². The van der Waals surface area contributed by atoms with Crippen molar-refractivity contribution in [2.45, 2.75) is 0 Å². The molecule has 3 nitrogen and oxygen atoms in total. The van der Waals surface area contributed by atoms with E-state index in [-0.39, 0.29) is 0 Å². The zero-order chi connectivity index (χ0) is 33.0. The van der Waals surface area contributed by atoms with Gasteiger partial charge in [-0.05, 0) is 65.2 Å². The number of hydrogen-bond donors (Lipinski definition) is 0. The molecule has 0 spiro atoms. The van der Waals surface area contributed by atoms with Gasteiger partial charge in [-0.3, -0.25) is 0 Å². The van der Waals surface area contributed by atoms with Gasteiger partial charge in [0.25, 0.3) is 0 Å². The molecule has 50 heavy (non-hydrogen) atoms. The van der Waals surface area contributed by atoms with E-state index in [1.165, 1.54) is 21.9 Å². The quantitative estimate of drug-likeness (QED) is 0.188. The lowest BCUT2D eigenvalue weighted by atomic mass is 9.95. The van der Waals surface area contributed by atoms with Gasteiger partial charge >= 0.3 is 0 Å². The highest BCUT2D eigenvalue weighted by atomic mass is 16.3. The summed E-state index contributed by atoms with van der Waals surface area (Å²) in [6.45, 7) is 0. The van der Waals surface area contributed by atoms with Gasteiger partial charge in [0, 0.05) is 43.9 Å². The smallest absolute Gasteiger partial charge is 0.143 e. The third-order valence-corrected chi connectivity index (χ3v) is 9.79. The molecule has 7 aromatic carbocycles. The average molecular weight is 639 g/mol. The molecule has 0 radical (unpaired) electrons. The topological polar surface area (TPSA) is 31.0 Å². The van der Waals surface area contributed by atoms with Crippen LogP contribution in [0.5, 0.6) is 0 Å². The predicted molar refractivity (Wildman–Crippen MR) is 208 cm³/mol. The Kier molecular flexibility index (Phi) is 6.49. The number of fused-ring (bicyclic) bond motifs is 6. The minimum Gasteiger partial charge on any atom is -0.455 e. The second-order valence-corrected chi connectivity index (χ2v) is 12.7. The predicted octanol–water partition coefficient (Wildman–Crippen LogP) is 12.7. The van der Waals surface area contributed by atoms with Crippen LogP contribution in [0.2, 0.25) is 0 Å². The fourth-order valence-electron chi connectivity index (χ4n) is 7.52. The van der Waals surface area contributed by atoms with Crippen LogP contribution >= 0.6 is 0 Å². The average Bonchev–Trinajstić information content (AvgIpc) is 3.75. The molecule has 0 aliphatic heterocycles. The van der Waals surface area contributed by atoms with Gasteiger partial charge in [0.05, 0.1) is 22.4 Å². The van der Waals surface area contributed by atoms with Gasteiger partial charge in [0.15, 0.2) is 0 Å². The monoisotopic (exact) mass is 638 g/mol. The Morgan fingerprint density at radius 2 is 1.02 bits per heavy atom. The van der Waals surface area contributed by atoms with Crippen LogP contribution in [0.1, 0.15) is 0 Å². The maximum atomic E-state index is 6.56. The van der Waals surface area contributed by atoms with E-state index in [1.807, 2.05) is 12.1 Å².